The fraction of sp³-hybridized carbons (Fsp3) is 0.385. The largest absolute Gasteiger partial charge is 0.497 e. The second kappa shape index (κ2) is 9.85. The lowest BCUT2D eigenvalue weighted by atomic mass is 9.94. The number of nitrogens with one attached hydrogen (secondary N) is 2. The van der Waals surface area contributed by atoms with Crippen LogP contribution in [-0.2, 0) is 12.8 Å². The van der Waals surface area contributed by atoms with Crippen molar-refractivity contribution in [1.29, 1.82) is 0 Å². The first-order valence-electron chi connectivity index (χ1n) is 12.0. The molecule has 2 amide bonds. The zero-order valence-corrected chi connectivity index (χ0v) is 19.9. The van der Waals surface area contributed by atoms with E-state index in [1.165, 1.54) is 4.90 Å². The molecule has 2 N–H and O–H groups in total. The number of aromatic nitrogens is 2. The van der Waals surface area contributed by atoms with E-state index < -0.39 is 24.8 Å². The van der Waals surface area contributed by atoms with E-state index in [0.717, 1.165) is 41.8 Å². The molecule has 36 heavy (non-hydrogen) atoms. The number of fused-ring (bicyclic) bond motifs is 1. The normalized spacial score (nSPS) is 19.8. The highest BCUT2D eigenvalue weighted by molar-refractivity contribution is 5.90. The number of rotatable bonds is 6. The topological polar surface area (TPSA) is 71.4 Å². The van der Waals surface area contributed by atoms with Gasteiger partial charge in [-0.1, -0.05) is 30.3 Å². The zero-order valence-electron chi connectivity index (χ0n) is 19.9. The summed E-state index contributed by atoms with van der Waals surface area (Å²) in [6.07, 6.45) is -1.69. The number of likely N-dealkylation sites (tertiary alicyclic amines) is 1. The molecule has 0 radical (unpaired) electrons. The van der Waals surface area contributed by atoms with Gasteiger partial charge in [-0.15, -0.1) is 0 Å². The number of methoxy groups -OCH3 is 1. The van der Waals surface area contributed by atoms with E-state index in [1.807, 2.05) is 42.5 Å². The number of carbonyl (C=O) groups excluding carboxylic acids is 1. The molecule has 2 heterocycles. The summed E-state index contributed by atoms with van der Waals surface area (Å²) >= 11 is 0. The van der Waals surface area contributed by atoms with Gasteiger partial charge in [0.15, 0.2) is 0 Å². The average molecular weight is 500 g/mol. The number of ether oxygens (including phenoxy) is 1. The minimum Gasteiger partial charge on any atom is -0.497 e. The Labute approximate surface area is 207 Å². The SMILES string of the molecule is COc1cccc([C@@H]2CN(CC(F)(F)F)C[C@H]2NC(=O)Nc2c3c(nn2-c2ccccc2)CCC3)c1. The van der Waals surface area contributed by atoms with Crippen molar-refractivity contribution in [1.82, 2.24) is 20.0 Å². The Hall–Kier alpha value is -3.53. The summed E-state index contributed by atoms with van der Waals surface area (Å²) < 4.78 is 46.5. The number of aryl methyl sites for hydroxylation is 1. The lowest BCUT2D eigenvalue weighted by molar-refractivity contribution is -0.143. The van der Waals surface area contributed by atoms with E-state index in [9.17, 15) is 18.0 Å². The number of carbonyl (C=O) groups is 1. The van der Waals surface area contributed by atoms with Gasteiger partial charge in [-0.25, -0.2) is 9.48 Å². The highest BCUT2D eigenvalue weighted by atomic mass is 19.4. The first-order valence-corrected chi connectivity index (χ1v) is 12.0. The molecule has 1 aromatic heterocycles. The molecule has 10 heteroatoms. The third-order valence-electron chi connectivity index (χ3n) is 6.78. The Bertz CT molecular complexity index is 1230. The molecule has 0 spiro atoms. The van der Waals surface area contributed by atoms with Gasteiger partial charge in [0.1, 0.15) is 11.6 Å². The van der Waals surface area contributed by atoms with Crippen molar-refractivity contribution in [2.24, 2.45) is 0 Å². The third kappa shape index (κ3) is 5.18. The molecule has 2 aliphatic rings. The van der Waals surface area contributed by atoms with Crippen LogP contribution in [0.4, 0.5) is 23.8 Å². The molecule has 0 bridgehead atoms. The van der Waals surface area contributed by atoms with Crippen LogP contribution in [0.25, 0.3) is 5.69 Å². The van der Waals surface area contributed by atoms with Crippen molar-refractivity contribution >= 4 is 11.8 Å². The van der Waals surface area contributed by atoms with Gasteiger partial charge in [-0.05, 0) is 49.1 Å². The number of para-hydroxylation sites is 1. The van der Waals surface area contributed by atoms with Crippen LogP contribution in [0, 0.1) is 0 Å². The Balaban J connectivity index is 1.38. The van der Waals surface area contributed by atoms with Crippen LogP contribution in [0.1, 0.15) is 29.2 Å². The Morgan fingerprint density at radius 2 is 1.92 bits per heavy atom. The smallest absolute Gasteiger partial charge is 0.401 e. The van der Waals surface area contributed by atoms with Crippen LogP contribution in [0.15, 0.2) is 54.6 Å². The molecule has 0 unspecified atom stereocenters. The first kappa shape index (κ1) is 24.2. The number of alkyl halides is 3. The quantitative estimate of drug-likeness (QED) is 0.523. The maximum atomic E-state index is 13.2. The van der Waals surface area contributed by atoms with E-state index >= 15 is 0 Å². The maximum Gasteiger partial charge on any atom is 0.401 e. The van der Waals surface area contributed by atoms with Gasteiger partial charge in [-0.2, -0.15) is 18.3 Å². The Morgan fingerprint density at radius 1 is 1.11 bits per heavy atom. The number of anilines is 1. The van der Waals surface area contributed by atoms with Gasteiger partial charge in [0.05, 0.1) is 31.1 Å². The number of amides is 2. The fourth-order valence-electron chi connectivity index (χ4n) is 5.21. The highest BCUT2D eigenvalue weighted by Gasteiger charge is 2.40. The summed E-state index contributed by atoms with van der Waals surface area (Å²) in [4.78, 5) is 14.5. The molecule has 1 fully saturated rings. The molecule has 7 nitrogen and oxygen atoms in total. The summed E-state index contributed by atoms with van der Waals surface area (Å²) in [6.45, 7) is -0.763. The average Bonchev–Trinajstić information content (AvgIpc) is 3.55. The Kier molecular flexibility index (Phi) is 6.61. The van der Waals surface area contributed by atoms with E-state index in [4.69, 9.17) is 9.84 Å². The predicted molar refractivity (Wildman–Crippen MR) is 130 cm³/mol. The minimum absolute atomic E-state index is 0.0882. The lowest BCUT2D eigenvalue weighted by Gasteiger charge is -2.21. The monoisotopic (exact) mass is 499 g/mol. The molecule has 190 valence electrons. The van der Waals surface area contributed by atoms with Crippen LogP contribution < -0.4 is 15.4 Å². The van der Waals surface area contributed by atoms with Gasteiger partial charge >= 0.3 is 12.2 Å². The van der Waals surface area contributed by atoms with Gasteiger partial charge in [0.25, 0.3) is 0 Å². The van der Waals surface area contributed by atoms with Crippen molar-refractivity contribution in [3.8, 4) is 11.4 Å². The van der Waals surface area contributed by atoms with Crippen molar-refractivity contribution in [2.75, 3.05) is 32.1 Å². The van der Waals surface area contributed by atoms with Crippen LogP contribution in [0.2, 0.25) is 0 Å². The molecule has 5 rings (SSSR count). The van der Waals surface area contributed by atoms with E-state index in [1.54, 1.807) is 23.9 Å². The lowest BCUT2D eigenvalue weighted by Crippen LogP contribution is -2.43. The maximum absolute atomic E-state index is 13.2. The third-order valence-corrected chi connectivity index (χ3v) is 6.78. The number of nitrogens with zero attached hydrogens (tertiary/aromatic N) is 3. The molecule has 1 aliphatic heterocycles. The van der Waals surface area contributed by atoms with E-state index in [0.29, 0.717) is 11.6 Å². The van der Waals surface area contributed by atoms with Crippen molar-refractivity contribution < 1.29 is 22.7 Å². The molecule has 0 saturated carbocycles. The first-order chi connectivity index (χ1) is 17.3. The number of hydrogen-bond donors (Lipinski definition) is 2. The summed E-state index contributed by atoms with van der Waals surface area (Å²) in [6, 6.07) is 15.8. The summed E-state index contributed by atoms with van der Waals surface area (Å²) in [5, 5.41) is 10.6. The second-order valence-corrected chi connectivity index (χ2v) is 9.27. The molecule has 2 aromatic carbocycles. The molecule has 1 saturated heterocycles. The van der Waals surface area contributed by atoms with Crippen LogP contribution >= 0.6 is 0 Å². The second-order valence-electron chi connectivity index (χ2n) is 9.27. The summed E-state index contributed by atoms with van der Waals surface area (Å²) in [5.41, 5.74) is 3.61. The van der Waals surface area contributed by atoms with Crippen molar-refractivity contribution in [3.05, 3.63) is 71.4 Å². The van der Waals surface area contributed by atoms with Gasteiger partial charge in [0.2, 0.25) is 0 Å². The number of urea groups is 1. The van der Waals surface area contributed by atoms with Crippen molar-refractivity contribution in [2.45, 2.75) is 37.4 Å². The number of hydrogen-bond acceptors (Lipinski definition) is 4. The van der Waals surface area contributed by atoms with Crippen LogP contribution in [-0.4, -0.2) is 59.7 Å². The van der Waals surface area contributed by atoms with Gasteiger partial charge in [0, 0.05) is 24.6 Å². The highest BCUT2D eigenvalue weighted by Crippen LogP contribution is 2.33. The Morgan fingerprint density at radius 3 is 2.67 bits per heavy atom. The van der Waals surface area contributed by atoms with Crippen molar-refractivity contribution in [3.63, 3.8) is 0 Å². The molecule has 1 aliphatic carbocycles. The fourth-order valence-corrected chi connectivity index (χ4v) is 5.21. The number of benzene rings is 2. The van der Waals surface area contributed by atoms with Crippen LogP contribution in [0.3, 0.4) is 0 Å². The molecular weight excluding hydrogens is 471 g/mol. The predicted octanol–water partition coefficient (Wildman–Crippen LogP) is 4.52. The molecule has 2 atom stereocenters. The standard InChI is InChI=1S/C26H28F3N5O2/c1-36-19-10-5-7-17(13-19)21-14-33(16-26(27,28)29)15-23(21)30-25(35)31-24-20-11-6-12-22(20)32-34(24)18-8-3-2-4-9-18/h2-5,7-10,13,21,23H,6,11-12,14-16H2,1H3,(H2,30,31,35)/t21-,23+/m0/s1. The number of halogens is 3. The summed E-state index contributed by atoms with van der Waals surface area (Å²) in [5.74, 6) is 0.902. The molecule has 3 aromatic rings. The summed E-state index contributed by atoms with van der Waals surface area (Å²) in [7, 11) is 1.54. The van der Waals surface area contributed by atoms with E-state index in [2.05, 4.69) is 10.6 Å². The molecular formula is C26H28F3N5O2. The zero-order chi connectivity index (χ0) is 25.3. The van der Waals surface area contributed by atoms with E-state index in [-0.39, 0.29) is 19.0 Å². The minimum atomic E-state index is -4.32. The van der Waals surface area contributed by atoms with Gasteiger partial charge < -0.3 is 10.1 Å². The van der Waals surface area contributed by atoms with Crippen LogP contribution in [0.5, 0.6) is 5.75 Å². The van der Waals surface area contributed by atoms with Gasteiger partial charge in [-0.3, -0.25) is 10.2 Å².